The lowest BCUT2D eigenvalue weighted by atomic mass is 9.32. The fourth-order valence-electron chi connectivity index (χ4n) is 9.98. The van der Waals surface area contributed by atoms with Gasteiger partial charge in [0.1, 0.15) is 0 Å². The van der Waals surface area contributed by atoms with Gasteiger partial charge in [0, 0.05) is 13.8 Å². The molecule has 1 aromatic carbocycles. The summed E-state index contributed by atoms with van der Waals surface area (Å²) in [6.07, 6.45) is 9.85. The van der Waals surface area contributed by atoms with Crippen LogP contribution in [-0.2, 0) is 21.4 Å². The largest absolute Gasteiger partial charge is 0.423 e. The van der Waals surface area contributed by atoms with E-state index < -0.39 is 11.9 Å². The molecule has 3 fully saturated rings. The minimum Gasteiger partial charge on any atom is -0.423 e. The van der Waals surface area contributed by atoms with E-state index in [0.29, 0.717) is 28.7 Å². The van der Waals surface area contributed by atoms with Crippen molar-refractivity contribution in [2.45, 2.75) is 119 Å². The highest BCUT2D eigenvalue weighted by molar-refractivity contribution is 5.75. The molecule has 0 amide bonds. The predicted octanol–water partition coefficient (Wildman–Crippen LogP) is 7.60. The van der Waals surface area contributed by atoms with Crippen LogP contribution in [0.25, 0.3) is 0 Å². The molecular formula is C33H45NO4. The van der Waals surface area contributed by atoms with Crippen LogP contribution in [0.1, 0.15) is 117 Å². The number of esters is 2. The normalized spacial score (nSPS) is 41.4. The lowest BCUT2D eigenvalue weighted by Crippen LogP contribution is -2.65. The Kier molecular flexibility index (Phi) is 6.14. The summed E-state index contributed by atoms with van der Waals surface area (Å²) in [5.74, 6) is 0.949. The number of nitrogens with zero attached hydrogens (tertiary/aromatic N) is 1. The van der Waals surface area contributed by atoms with Crippen molar-refractivity contribution in [1.29, 1.82) is 5.26 Å². The Morgan fingerprint density at radius 1 is 0.895 bits per heavy atom. The molecule has 0 N–H and O–H groups in total. The summed E-state index contributed by atoms with van der Waals surface area (Å²) in [6.45, 7) is 17.0. The molecule has 0 aliphatic heterocycles. The van der Waals surface area contributed by atoms with Gasteiger partial charge in [-0.3, -0.25) is 9.59 Å². The predicted molar refractivity (Wildman–Crippen MR) is 147 cm³/mol. The average molecular weight is 520 g/mol. The first-order valence-corrected chi connectivity index (χ1v) is 14.6. The second kappa shape index (κ2) is 8.57. The fraction of sp³-hybridized carbons (Fsp3) is 0.727. The summed E-state index contributed by atoms with van der Waals surface area (Å²) in [6, 6.07) is 4.72. The van der Waals surface area contributed by atoms with Gasteiger partial charge in [0.2, 0.25) is 0 Å². The second-order valence-electron chi connectivity index (χ2n) is 14.5. The van der Waals surface area contributed by atoms with Crippen molar-refractivity contribution in [2.24, 2.45) is 33.5 Å². The molecule has 7 atom stereocenters. The van der Waals surface area contributed by atoms with E-state index >= 15 is 0 Å². The maximum absolute atomic E-state index is 12.0. The molecule has 0 bridgehead atoms. The lowest BCUT2D eigenvalue weighted by molar-refractivity contribution is -0.207. The van der Waals surface area contributed by atoms with Gasteiger partial charge in [0.05, 0.1) is 11.5 Å². The van der Waals surface area contributed by atoms with Gasteiger partial charge < -0.3 is 9.47 Å². The summed E-state index contributed by atoms with van der Waals surface area (Å²) in [5.41, 5.74) is 3.78. The smallest absolute Gasteiger partial charge is 0.308 e. The van der Waals surface area contributed by atoms with Crippen LogP contribution in [0.5, 0.6) is 11.5 Å². The Balaban J connectivity index is 1.61. The van der Waals surface area contributed by atoms with Crippen LogP contribution in [0.4, 0.5) is 0 Å². The molecule has 0 heterocycles. The molecule has 1 aromatic rings. The molecule has 4 aliphatic carbocycles. The molecule has 1 unspecified atom stereocenters. The zero-order valence-electron chi connectivity index (χ0n) is 24.7. The SMILES string of the molecule is CC(=O)Oc1cc2c(c(C)c1OC(C)=O)CCC1[C@@]2(C)CC[C@@]2(C)[C@@H]3C[C@](C)(C#N)CC[C@]3(C)CC[C@]12C. The molecule has 206 valence electrons. The molecule has 0 radical (unpaired) electrons. The second-order valence-corrected chi connectivity index (χ2v) is 14.5. The molecule has 3 saturated carbocycles. The minimum absolute atomic E-state index is 0.0583. The quantitative estimate of drug-likeness (QED) is 0.297. The van der Waals surface area contributed by atoms with E-state index in [0.717, 1.165) is 50.5 Å². The fourth-order valence-corrected chi connectivity index (χ4v) is 9.98. The Bertz CT molecular complexity index is 1250. The summed E-state index contributed by atoms with van der Waals surface area (Å²) in [7, 11) is 0. The molecule has 5 heteroatoms. The Morgan fingerprint density at radius 3 is 2.13 bits per heavy atom. The van der Waals surface area contributed by atoms with Crippen molar-refractivity contribution >= 4 is 11.9 Å². The van der Waals surface area contributed by atoms with Gasteiger partial charge in [-0.2, -0.15) is 5.26 Å². The number of fused-ring (bicyclic) bond motifs is 7. The third-order valence-electron chi connectivity index (χ3n) is 12.4. The first kappa shape index (κ1) is 27.2. The van der Waals surface area contributed by atoms with Crippen molar-refractivity contribution in [3.63, 3.8) is 0 Å². The van der Waals surface area contributed by atoms with Crippen LogP contribution in [-0.4, -0.2) is 11.9 Å². The molecule has 0 spiro atoms. The molecular weight excluding hydrogens is 474 g/mol. The first-order valence-electron chi connectivity index (χ1n) is 14.6. The summed E-state index contributed by atoms with van der Waals surface area (Å²) in [5, 5.41) is 10.1. The first-order chi connectivity index (χ1) is 17.6. The van der Waals surface area contributed by atoms with Crippen LogP contribution < -0.4 is 9.47 Å². The van der Waals surface area contributed by atoms with Crippen LogP contribution in [0.3, 0.4) is 0 Å². The third-order valence-corrected chi connectivity index (χ3v) is 12.4. The van der Waals surface area contributed by atoms with E-state index in [1.165, 1.54) is 37.8 Å². The van der Waals surface area contributed by atoms with Crippen molar-refractivity contribution in [1.82, 2.24) is 0 Å². The van der Waals surface area contributed by atoms with E-state index in [1.54, 1.807) is 0 Å². The molecule has 5 nitrogen and oxygen atoms in total. The van der Waals surface area contributed by atoms with Gasteiger partial charge in [0.25, 0.3) is 0 Å². The monoisotopic (exact) mass is 519 g/mol. The van der Waals surface area contributed by atoms with Crippen molar-refractivity contribution in [3.05, 3.63) is 22.8 Å². The zero-order chi connectivity index (χ0) is 27.9. The van der Waals surface area contributed by atoms with Crippen LogP contribution >= 0.6 is 0 Å². The standard InChI is InChI=1S/C33H45NO4/c1-20-23-9-10-26-31(6,24(23)17-25(37-21(2)35)28(20)38-22(3)36)14-16-33(8)27-18-29(4,19-34)11-12-30(27,5)13-15-32(26,33)7/h17,26-27H,9-16,18H2,1-8H3/t26?,27-,29-,30-,31+,32-,33+/m1/s1. The van der Waals surface area contributed by atoms with E-state index in [1.807, 2.05) is 13.0 Å². The van der Waals surface area contributed by atoms with Crippen LogP contribution in [0, 0.1) is 51.8 Å². The van der Waals surface area contributed by atoms with Gasteiger partial charge in [-0.1, -0.05) is 27.7 Å². The number of benzene rings is 1. The van der Waals surface area contributed by atoms with Crippen molar-refractivity contribution < 1.29 is 19.1 Å². The highest BCUT2D eigenvalue weighted by Gasteiger charge is 2.68. The van der Waals surface area contributed by atoms with Crippen LogP contribution in [0.15, 0.2) is 6.07 Å². The number of carbonyl (C=O) groups excluding carboxylic acids is 2. The number of hydrogen-bond acceptors (Lipinski definition) is 5. The molecule has 4 aliphatic rings. The maximum atomic E-state index is 12.0. The third kappa shape index (κ3) is 3.69. The number of ether oxygens (including phenoxy) is 2. The highest BCUT2D eigenvalue weighted by Crippen LogP contribution is 2.75. The molecule has 0 aromatic heterocycles. The molecule has 0 saturated heterocycles. The van der Waals surface area contributed by atoms with E-state index in [2.05, 4.69) is 40.7 Å². The van der Waals surface area contributed by atoms with Crippen molar-refractivity contribution in [2.75, 3.05) is 0 Å². The van der Waals surface area contributed by atoms with Crippen LogP contribution in [0.2, 0.25) is 0 Å². The summed E-state index contributed by atoms with van der Waals surface area (Å²) >= 11 is 0. The topological polar surface area (TPSA) is 76.4 Å². The van der Waals surface area contributed by atoms with E-state index in [4.69, 9.17) is 9.47 Å². The summed E-state index contributed by atoms with van der Waals surface area (Å²) in [4.78, 5) is 24.0. The maximum Gasteiger partial charge on any atom is 0.308 e. The summed E-state index contributed by atoms with van der Waals surface area (Å²) < 4.78 is 11.2. The molecule has 38 heavy (non-hydrogen) atoms. The average Bonchev–Trinajstić information content (AvgIpc) is 2.84. The number of carbonyl (C=O) groups is 2. The van der Waals surface area contributed by atoms with E-state index in [9.17, 15) is 14.9 Å². The zero-order valence-corrected chi connectivity index (χ0v) is 24.7. The van der Waals surface area contributed by atoms with Gasteiger partial charge in [-0.25, -0.2) is 0 Å². The lowest BCUT2D eigenvalue weighted by Gasteiger charge is -2.72. The van der Waals surface area contributed by atoms with Crippen molar-refractivity contribution in [3.8, 4) is 17.6 Å². The Morgan fingerprint density at radius 2 is 1.50 bits per heavy atom. The molecule has 5 rings (SSSR count). The van der Waals surface area contributed by atoms with Gasteiger partial charge in [0.15, 0.2) is 11.5 Å². The van der Waals surface area contributed by atoms with Gasteiger partial charge in [-0.15, -0.1) is 0 Å². The Labute approximate surface area is 228 Å². The Hall–Kier alpha value is -2.35. The minimum atomic E-state index is -0.414. The van der Waals surface area contributed by atoms with E-state index in [-0.39, 0.29) is 21.7 Å². The number of rotatable bonds is 2. The number of hydrogen-bond donors (Lipinski definition) is 0. The highest BCUT2D eigenvalue weighted by atomic mass is 16.6. The van der Waals surface area contributed by atoms with Gasteiger partial charge >= 0.3 is 11.9 Å². The number of nitriles is 1. The van der Waals surface area contributed by atoms with Gasteiger partial charge in [-0.05, 0) is 128 Å².